The van der Waals surface area contributed by atoms with Gasteiger partial charge in [-0.2, -0.15) is 12.6 Å². The Morgan fingerprint density at radius 3 is 2.62 bits per heavy atom. The normalized spacial score (nSPS) is 9.92. The van der Waals surface area contributed by atoms with Gasteiger partial charge in [0.25, 0.3) is 0 Å². The van der Waals surface area contributed by atoms with E-state index in [2.05, 4.69) is 12.6 Å². The predicted molar refractivity (Wildman–Crippen MR) is 61.7 cm³/mol. The molecule has 3 heteroatoms. The summed E-state index contributed by atoms with van der Waals surface area (Å²) in [5.74, 6) is 1.70. The highest BCUT2D eigenvalue weighted by Crippen LogP contribution is 2.12. The van der Waals surface area contributed by atoms with Crippen molar-refractivity contribution in [2.75, 3.05) is 11.5 Å². The summed E-state index contributed by atoms with van der Waals surface area (Å²) in [6, 6.07) is 9.36. The molecule has 0 fully saturated rings. The Morgan fingerprint density at radius 2 is 2.00 bits per heavy atom. The lowest BCUT2D eigenvalue weighted by Crippen LogP contribution is -1.94. The lowest BCUT2D eigenvalue weighted by atomic mass is 10.2. The van der Waals surface area contributed by atoms with Crippen molar-refractivity contribution in [2.24, 2.45) is 0 Å². The largest absolute Gasteiger partial charge is 0.282 e. The second-order valence-corrected chi connectivity index (χ2v) is 4.09. The van der Waals surface area contributed by atoms with Crippen molar-refractivity contribution in [1.29, 1.82) is 0 Å². The van der Waals surface area contributed by atoms with E-state index in [0.29, 0.717) is 0 Å². The van der Waals surface area contributed by atoms with Crippen LogP contribution in [-0.2, 0) is 0 Å². The maximum Gasteiger partial charge on any atom is 0.219 e. The number of benzene rings is 1. The molecule has 0 aliphatic heterocycles. The van der Waals surface area contributed by atoms with Gasteiger partial charge in [0.2, 0.25) is 5.12 Å². The van der Waals surface area contributed by atoms with E-state index in [-0.39, 0.29) is 5.12 Å². The number of carbonyl (C=O) groups is 1. The molecular weight excluding hydrogens is 200 g/mol. The fourth-order valence-electron chi connectivity index (χ4n) is 0.887. The molecule has 1 rings (SSSR count). The van der Waals surface area contributed by atoms with Gasteiger partial charge in [0.05, 0.1) is 0 Å². The summed E-state index contributed by atoms with van der Waals surface area (Å²) in [6.45, 7) is 0. The van der Waals surface area contributed by atoms with Crippen LogP contribution in [-0.4, -0.2) is 16.6 Å². The third-order valence-corrected chi connectivity index (χ3v) is 2.85. The van der Waals surface area contributed by atoms with Crippen LogP contribution < -0.4 is 0 Å². The number of rotatable bonds is 4. The Labute approximate surface area is 88.3 Å². The summed E-state index contributed by atoms with van der Waals surface area (Å²) >= 11 is 5.45. The third kappa shape index (κ3) is 3.87. The van der Waals surface area contributed by atoms with Crippen LogP contribution in [0.4, 0.5) is 0 Å². The molecule has 0 aromatic heterocycles. The summed E-state index contributed by atoms with van der Waals surface area (Å²) in [4.78, 5) is 11.5. The third-order valence-electron chi connectivity index (χ3n) is 1.55. The highest BCUT2D eigenvalue weighted by Gasteiger charge is 2.03. The monoisotopic (exact) mass is 212 g/mol. The number of hydrogen-bond acceptors (Lipinski definition) is 3. The molecule has 1 aromatic carbocycles. The van der Waals surface area contributed by atoms with E-state index in [0.717, 1.165) is 23.5 Å². The van der Waals surface area contributed by atoms with E-state index in [1.165, 1.54) is 11.8 Å². The number of thioether (sulfide) groups is 1. The van der Waals surface area contributed by atoms with Crippen LogP contribution in [0.5, 0.6) is 0 Å². The van der Waals surface area contributed by atoms with E-state index in [1.807, 2.05) is 30.3 Å². The minimum atomic E-state index is 0.155. The molecular formula is C10H12OS2. The number of carbonyl (C=O) groups excluding carboxylic acids is 1. The number of hydrogen-bond donors (Lipinski definition) is 1. The first-order valence-corrected chi connectivity index (χ1v) is 5.79. The zero-order valence-corrected chi connectivity index (χ0v) is 8.98. The van der Waals surface area contributed by atoms with Gasteiger partial charge < -0.3 is 0 Å². The molecule has 1 aromatic rings. The SMILES string of the molecule is O=C(SCCCS)c1ccccc1. The van der Waals surface area contributed by atoms with Gasteiger partial charge in [0.15, 0.2) is 0 Å². The Hall–Kier alpha value is -0.410. The van der Waals surface area contributed by atoms with Crippen LogP contribution in [0.3, 0.4) is 0 Å². The summed E-state index contributed by atoms with van der Waals surface area (Å²) < 4.78 is 0. The fraction of sp³-hybridized carbons (Fsp3) is 0.300. The van der Waals surface area contributed by atoms with Crippen molar-refractivity contribution in [2.45, 2.75) is 6.42 Å². The van der Waals surface area contributed by atoms with E-state index >= 15 is 0 Å². The van der Waals surface area contributed by atoms with Crippen molar-refractivity contribution in [3.8, 4) is 0 Å². The first-order chi connectivity index (χ1) is 6.34. The van der Waals surface area contributed by atoms with Crippen LogP contribution in [0.25, 0.3) is 0 Å². The molecule has 0 aliphatic rings. The van der Waals surface area contributed by atoms with Crippen LogP contribution in [0.15, 0.2) is 30.3 Å². The summed E-state index contributed by atoms with van der Waals surface area (Å²) in [7, 11) is 0. The van der Waals surface area contributed by atoms with E-state index in [4.69, 9.17) is 0 Å². The average molecular weight is 212 g/mol. The van der Waals surface area contributed by atoms with Gasteiger partial charge in [0.1, 0.15) is 0 Å². The van der Waals surface area contributed by atoms with Crippen LogP contribution >= 0.6 is 24.4 Å². The predicted octanol–water partition coefficient (Wildman–Crippen LogP) is 2.88. The quantitative estimate of drug-likeness (QED) is 0.610. The van der Waals surface area contributed by atoms with E-state index < -0.39 is 0 Å². The van der Waals surface area contributed by atoms with Gasteiger partial charge in [0, 0.05) is 11.3 Å². The standard InChI is InChI=1S/C10H12OS2/c11-10(13-8-4-7-12)9-5-2-1-3-6-9/h1-3,5-6,12H,4,7-8H2. The molecule has 0 heterocycles. The first kappa shape index (κ1) is 10.7. The van der Waals surface area contributed by atoms with Gasteiger partial charge in [-0.15, -0.1) is 0 Å². The Balaban J connectivity index is 2.40. The van der Waals surface area contributed by atoms with Gasteiger partial charge in [-0.1, -0.05) is 42.1 Å². The summed E-state index contributed by atoms with van der Waals surface area (Å²) in [5.41, 5.74) is 0.784. The summed E-state index contributed by atoms with van der Waals surface area (Å²) in [6.07, 6.45) is 0.979. The van der Waals surface area contributed by atoms with Gasteiger partial charge in [-0.3, -0.25) is 4.79 Å². The van der Waals surface area contributed by atoms with Crippen LogP contribution in [0, 0.1) is 0 Å². The van der Waals surface area contributed by atoms with Crippen LogP contribution in [0.2, 0.25) is 0 Å². The summed E-state index contributed by atoms with van der Waals surface area (Å²) in [5, 5.41) is 0.155. The fourth-order valence-corrected chi connectivity index (χ4v) is 2.04. The molecule has 1 nitrogen and oxygen atoms in total. The smallest absolute Gasteiger partial charge is 0.219 e. The molecule has 0 saturated heterocycles. The molecule has 0 aliphatic carbocycles. The van der Waals surface area contributed by atoms with E-state index in [1.54, 1.807) is 0 Å². The molecule has 0 saturated carbocycles. The van der Waals surface area contributed by atoms with Crippen molar-refractivity contribution in [3.63, 3.8) is 0 Å². The molecule has 0 bridgehead atoms. The zero-order chi connectivity index (χ0) is 9.52. The molecule has 0 unspecified atom stereocenters. The molecule has 13 heavy (non-hydrogen) atoms. The van der Waals surface area contributed by atoms with Gasteiger partial charge >= 0.3 is 0 Å². The molecule has 70 valence electrons. The Bertz CT molecular complexity index is 259. The zero-order valence-electron chi connectivity index (χ0n) is 7.27. The molecule has 0 N–H and O–H groups in total. The second kappa shape index (κ2) is 6.11. The Morgan fingerprint density at radius 1 is 1.31 bits per heavy atom. The number of thiol groups is 1. The van der Waals surface area contributed by atoms with Crippen molar-refractivity contribution < 1.29 is 4.79 Å². The van der Waals surface area contributed by atoms with Crippen LogP contribution in [0.1, 0.15) is 16.8 Å². The average Bonchev–Trinajstić information content (AvgIpc) is 2.19. The topological polar surface area (TPSA) is 17.1 Å². The van der Waals surface area contributed by atoms with Crippen molar-refractivity contribution in [1.82, 2.24) is 0 Å². The lowest BCUT2D eigenvalue weighted by Gasteiger charge is -1.98. The maximum absolute atomic E-state index is 11.5. The minimum Gasteiger partial charge on any atom is -0.282 e. The van der Waals surface area contributed by atoms with Crippen molar-refractivity contribution in [3.05, 3.63) is 35.9 Å². The second-order valence-electron chi connectivity index (χ2n) is 2.58. The lowest BCUT2D eigenvalue weighted by molar-refractivity contribution is 0.108. The minimum absolute atomic E-state index is 0.155. The van der Waals surface area contributed by atoms with Gasteiger partial charge in [-0.25, -0.2) is 0 Å². The van der Waals surface area contributed by atoms with Gasteiger partial charge in [-0.05, 0) is 12.2 Å². The van der Waals surface area contributed by atoms with Crippen molar-refractivity contribution >= 4 is 29.5 Å². The molecule has 0 amide bonds. The highest BCUT2D eigenvalue weighted by atomic mass is 32.2. The highest BCUT2D eigenvalue weighted by molar-refractivity contribution is 8.14. The first-order valence-electron chi connectivity index (χ1n) is 4.17. The molecule has 0 atom stereocenters. The maximum atomic E-state index is 11.5. The van der Waals surface area contributed by atoms with E-state index in [9.17, 15) is 4.79 Å². The Kier molecular flexibility index (Phi) is 5.01. The molecule has 0 spiro atoms. The molecule has 0 radical (unpaired) electrons.